The number of rotatable bonds is 7. The van der Waals surface area contributed by atoms with Crippen LogP contribution in [0.1, 0.15) is 24.5 Å². The third kappa shape index (κ3) is 4.07. The first-order chi connectivity index (χ1) is 12.4. The second-order valence-electron chi connectivity index (χ2n) is 7.77. The second kappa shape index (κ2) is 7.50. The van der Waals surface area contributed by atoms with Crippen molar-refractivity contribution in [2.45, 2.75) is 31.2 Å². The number of phenols is 1. The second-order valence-corrected chi connectivity index (χ2v) is 7.77. The first kappa shape index (κ1) is 18.5. The lowest BCUT2D eigenvalue weighted by Gasteiger charge is -2.25. The number of carbonyl (C=O) groups excluding carboxylic acids is 1. The molecule has 3 rings (SSSR count). The van der Waals surface area contributed by atoms with Gasteiger partial charge in [0.05, 0.1) is 0 Å². The topological polar surface area (TPSA) is 52.6 Å². The van der Waals surface area contributed by atoms with Gasteiger partial charge >= 0.3 is 0 Å². The zero-order valence-corrected chi connectivity index (χ0v) is 15.8. The molecule has 4 nitrogen and oxygen atoms in total. The number of amides is 1. The molecule has 0 bridgehead atoms. The molecule has 26 heavy (non-hydrogen) atoms. The summed E-state index contributed by atoms with van der Waals surface area (Å²) in [4.78, 5) is 14.8. The Morgan fingerprint density at radius 2 is 1.85 bits per heavy atom. The Bertz CT molecular complexity index is 742. The molecular formula is C22H28N2O2. The Morgan fingerprint density at radius 1 is 1.19 bits per heavy atom. The molecule has 1 aliphatic rings. The van der Waals surface area contributed by atoms with E-state index in [9.17, 15) is 9.90 Å². The summed E-state index contributed by atoms with van der Waals surface area (Å²) < 4.78 is 0. The van der Waals surface area contributed by atoms with Gasteiger partial charge in [-0.05, 0) is 50.2 Å². The van der Waals surface area contributed by atoms with Crippen LogP contribution in [0.15, 0.2) is 54.6 Å². The fraction of sp³-hybridized carbons (Fsp3) is 0.409. The third-order valence-electron chi connectivity index (χ3n) is 5.64. The number of hydrogen-bond acceptors (Lipinski definition) is 3. The lowest BCUT2D eigenvalue weighted by Crippen LogP contribution is -2.42. The molecule has 0 radical (unpaired) electrons. The molecule has 138 valence electrons. The van der Waals surface area contributed by atoms with Gasteiger partial charge in [0.2, 0.25) is 5.91 Å². The van der Waals surface area contributed by atoms with Crippen LogP contribution in [0.5, 0.6) is 5.75 Å². The van der Waals surface area contributed by atoms with Crippen molar-refractivity contribution in [3.05, 3.63) is 65.7 Å². The molecule has 0 unspecified atom stereocenters. The van der Waals surface area contributed by atoms with Crippen molar-refractivity contribution in [3.63, 3.8) is 0 Å². The van der Waals surface area contributed by atoms with Gasteiger partial charge in [-0.15, -0.1) is 0 Å². The minimum absolute atomic E-state index is 0.0318. The Morgan fingerprint density at radius 3 is 2.46 bits per heavy atom. The fourth-order valence-electron chi connectivity index (χ4n) is 3.57. The van der Waals surface area contributed by atoms with E-state index in [-0.39, 0.29) is 29.0 Å². The highest BCUT2D eigenvalue weighted by molar-refractivity contribution is 5.84. The first-order valence-electron chi connectivity index (χ1n) is 9.18. The summed E-state index contributed by atoms with van der Waals surface area (Å²) in [5.74, 6) is 0.479. The normalized spacial score (nSPS) is 22.8. The number of carbonyl (C=O) groups is 1. The van der Waals surface area contributed by atoms with Crippen LogP contribution < -0.4 is 5.32 Å². The van der Waals surface area contributed by atoms with Crippen molar-refractivity contribution < 1.29 is 9.90 Å². The average molecular weight is 352 g/mol. The van der Waals surface area contributed by atoms with E-state index in [2.05, 4.69) is 29.3 Å². The molecule has 0 spiro atoms. The Balaban J connectivity index is 1.56. The number of aromatic hydroxyl groups is 1. The minimum atomic E-state index is -0.0318. The molecule has 1 saturated carbocycles. The fourth-order valence-corrected chi connectivity index (χ4v) is 3.57. The smallest absolute Gasteiger partial charge is 0.224 e. The molecule has 0 aliphatic heterocycles. The zero-order valence-electron chi connectivity index (χ0n) is 15.8. The predicted octanol–water partition coefficient (Wildman–Crippen LogP) is 2.96. The molecular weight excluding hydrogens is 324 g/mol. The van der Waals surface area contributed by atoms with Crippen LogP contribution in [0, 0.1) is 5.92 Å². The monoisotopic (exact) mass is 352 g/mol. The van der Waals surface area contributed by atoms with E-state index in [1.807, 2.05) is 44.4 Å². The van der Waals surface area contributed by atoms with Gasteiger partial charge in [-0.25, -0.2) is 0 Å². The lowest BCUT2D eigenvalue weighted by molar-refractivity contribution is -0.122. The van der Waals surface area contributed by atoms with E-state index in [1.165, 1.54) is 5.56 Å². The van der Waals surface area contributed by atoms with Gasteiger partial charge in [0.1, 0.15) is 5.75 Å². The Hall–Kier alpha value is -2.33. The first-order valence-corrected chi connectivity index (χ1v) is 9.18. The number of benzene rings is 2. The molecule has 2 aromatic carbocycles. The molecule has 1 amide bonds. The van der Waals surface area contributed by atoms with Crippen LogP contribution in [-0.2, 0) is 16.6 Å². The largest absolute Gasteiger partial charge is 0.508 e. The number of likely N-dealkylation sites (N-methyl/N-ethyl adjacent to an activating group) is 1. The van der Waals surface area contributed by atoms with Crippen LogP contribution in [0.2, 0.25) is 0 Å². The third-order valence-corrected chi connectivity index (χ3v) is 5.64. The standard InChI is InChI=1S/C22H28N2O2/c1-22(17-7-5-4-6-8-17)14-20(22)21(26)23-15-18(24(2)3)13-16-9-11-19(25)12-10-16/h4-12,18,20,25H,13-15H2,1-3H3,(H,23,26)/t18-,20+,22-/m0/s1. The predicted molar refractivity (Wildman–Crippen MR) is 104 cm³/mol. The van der Waals surface area contributed by atoms with Crippen molar-refractivity contribution in [3.8, 4) is 5.75 Å². The van der Waals surface area contributed by atoms with Gasteiger partial charge in [-0.2, -0.15) is 0 Å². The van der Waals surface area contributed by atoms with E-state index in [0.717, 1.165) is 18.4 Å². The van der Waals surface area contributed by atoms with Gasteiger partial charge in [0, 0.05) is 23.9 Å². The summed E-state index contributed by atoms with van der Waals surface area (Å²) >= 11 is 0. The summed E-state index contributed by atoms with van der Waals surface area (Å²) in [7, 11) is 4.06. The number of nitrogens with one attached hydrogen (secondary N) is 1. The summed E-state index contributed by atoms with van der Waals surface area (Å²) in [6.45, 7) is 2.79. The maximum Gasteiger partial charge on any atom is 0.224 e. The minimum Gasteiger partial charge on any atom is -0.508 e. The maximum atomic E-state index is 12.7. The van der Waals surface area contributed by atoms with E-state index >= 15 is 0 Å². The Kier molecular flexibility index (Phi) is 5.33. The maximum absolute atomic E-state index is 12.7. The number of phenolic OH excluding ortho intramolecular Hbond substituents is 1. The van der Waals surface area contributed by atoms with Crippen LogP contribution in [0.25, 0.3) is 0 Å². The highest BCUT2D eigenvalue weighted by Gasteiger charge is 2.55. The summed E-state index contributed by atoms with van der Waals surface area (Å²) in [5.41, 5.74) is 2.36. The summed E-state index contributed by atoms with van der Waals surface area (Å²) in [6.07, 6.45) is 1.74. The molecule has 2 N–H and O–H groups in total. The SMILES string of the molecule is CN(C)[C@H](CNC(=O)[C@H]1C[C@@]1(C)c1ccccc1)Cc1ccc(O)cc1. The van der Waals surface area contributed by atoms with E-state index in [0.29, 0.717) is 6.54 Å². The van der Waals surface area contributed by atoms with E-state index in [1.54, 1.807) is 12.1 Å². The zero-order chi connectivity index (χ0) is 18.7. The van der Waals surface area contributed by atoms with Crippen LogP contribution in [-0.4, -0.2) is 42.6 Å². The Labute approximate surface area is 155 Å². The van der Waals surface area contributed by atoms with Crippen molar-refractivity contribution in [1.29, 1.82) is 0 Å². The molecule has 0 heterocycles. The van der Waals surface area contributed by atoms with Gasteiger partial charge in [-0.3, -0.25) is 4.79 Å². The van der Waals surface area contributed by atoms with E-state index < -0.39 is 0 Å². The van der Waals surface area contributed by atoms with Gasteiger partial charge in [-0.1, -0.05) is 49.4 Å². The summed E-state index contributed by atoms with van der Waals surface area (Å²) in [5, 5.41) is 12.6. The van der Waals surface area contributed by atoms with Gasteiger partial charge in [0.25, 0.3) is 0 Å². The van der Waals surface area contributed by atoms with Crippen molar-refractivity contribution in [2.75, 3.05) is 20.6 Å². The number of nitrogens with zero attached hydrogens (tertiary/aromatic N) is 1. The number of hydrogen-bond donors (Lipinski definition) is 2. The molecule has 2 aromatic rings. The molecule has 0 aromatic heterocycles. The van der Waals surface area contributed by atoms with Crippen molar-refractivity contribution in [2.24, 2.45) is 5.92 Å². The molecule has 1 aliphatic carbocycles. The quantitative estimate of drug-likeness (QED) is 0.805. The van der Waals surface area contributed by atoms with Gasteiger partial charge < -0.3 is 15.3 Å². The molecule has 3 atom stereocenters. The molecule has 0 saturated heterocycles. The lowest BCUT2D eigenvalue weighted by atomic mass is 9.95. The highest BCUT2D eigenvalue weighted by Crippen LogP contribution is 2.53. The molecule has 4 heteroatoms. The molecule has 1 fully saturated rings. The van der Waals surface area contributed by atoms with Crippen LogP contribution in [0.4, 0.5) is 0 Å². The average Bonchev–Trinajstić information content (AvgIpc) is 3.34. The van der Waals surface area contributed by atoms with E-state index in [4.69, 9.17) is 0 Å². The van der Waals surface area contributed by atoms with Crippen molar-refractivity contribution in [1.82, 2.24) is 10.2 Å². The van der Waals surface area contributed by atoms with Crippen molar-refractivity contribution >= 4 is 5.91 Å². The van der Waals surface area contributed by atoms with Crippen LogP contribution >= 0.6 is 0 Å². The van der Waals surface area contributed by atoms with Crippen LogP contribution in [0.3, 0.4) is 0 Å². The highest BCUT2D eigenvalue weighted by atomic mass is 16.3. The summed E-state index contributed by atoms with van der Waals surface area (Å²) in [6, 6.07) is 17.8. The van der Waals surface area contributed by atoms with Gasteiger partial charge in [0.15, 0.2) is 0 Å².